The average molecular weight is 330 g/mol. The van der Waals surface area contributed by atoms with Crippen LogP contribution in [0.1, 0.15) is 19.0 Å². The van der Waals surface area contributed by atoms with Gasteiger partial charge in [0.2, 0.25) is 4.96 Å². The first-order valence-corrected chi connectivity index (χ1v) is 8.77. The highest BCUT2D eigenvalue weighted by Crippen LogP contribution is 2.29. The Morgan fingerprint density at radius 2 is 2.14 bits per heavy atom. The molecule has 8 heteroatoms. The van der Waals surface area contributed by atoms with E-state index in [4.69, 9.17) is 0 Å². The van der Waals surface area contributed by atoms with Gasteiger partial charge in [0, 0.05) is 12.2 Å². The molecule has 0 aromatic carbocycles. The Labute approximate surface area is 135 Å². The third kappa shape index (κ3) is 2.15. The fraction of sp³-hybridized carbons (Fsp3) is 0.286. The van der Waals surface area contributed by atoms with Crippen LogP contribution in [0.5, 0.6) is 0 Å². The lowest BCUT2D eigenvalue weighted by Gasteiger charge is -1.99. The minimum Gasteiger partial charge on any atom is -0.269 e. The van der Waals surface area contributed by atoms with E-state index in [1.807, 2.05) is 22.2 Å². The summed E-state index contributed by atoms with van der Waals surface area (Å²) in [5.74, 6) is 0.789. The first kappa shape index (κ1) is 13.6. The van der Waals surface area contributed by atoms with Crippen molar-refractivity contribution in [1.29, 1.82) is 0 Å². The molecular formula is C14H14N6S2. The van der Waals surface area contributed by atoms with E-state index in [0.717, 1.165) is 45.0 Å². The lowest BCUT2D eigenvalue weighted by atomic mass is 10.4. The molecule has 6 nitrogen and oxygen atoms in total. The molecule has 22 heavy (non-hydrogen) atoms. The number of hydrogen-bond acceptors (Lipinski definition) is 6. The molecule has 0 saturated carbocycles. The maximum absolute atomic E-state index is 4.65. The Bertz CT molecular complexity index is 915. The highest BCUT2D eigenvalue weighted by Gasteiger charge is 2.17. The van der Waals surface area contributed by atoms with E-state index >= 15 is 0 Å². The molecule has 0 aliphatic carbocycles. The van der Waals surface area contributed by atoms with Crippen LogP contribution in [0.15, 0.2) is 23.6 Å². The van der Waals surface area contributed by atoms with Gasteiger partial charge in [0.15, 0.2) is 10.8 Å². The van der Waals surface area contributed by atoms with Crippen molar-refractivity contribution in [2.24, 2.45) is 0 Å². The van der Waals surface area contributed by atoms with E-state index in [0.29, 0.717) is 0 Å². The lowest BCUT2D eigenvalue weighted by Crippen LogP contribution is -2.00. The van der Waals surface area contributed by atoms with Gasteiger partial charge in [0.05, 0.1) is 4.88 Å². The first-order valence-electron chi connectivity index (χ1n) is 7.07. The SMILES string of the molecule is CCCn1nc(-c2nn3c(-c4cccs4)nnc3s2)cc1C. The minimum atomic E-state index is 0.789. The number of thiophene rings is 1. The van der Waals surface area contributed by atoms with Gasteiger partial charge in [-0.15, -0.1) is 21.5 Å². The molecule has 0 saturated heterocycles. The fourth-order valence-corrected chi connectivity index (χ4v) is 3.82. The van der Waals surface area contributed by atoms with Gasteiger partial charge < -0.3 is 0 Å². The monoisotopic (exact) mass is 330 g/mol. The molecule has 0 amide bonds. The van der Waals surface area contributed by atoms with Crippen LogP contribution in [0.3, 0.4) is 0 Å². The zero-order valence-electron chi connectivity index (χ0n) is 12.2. The summed E-state index contributed by atoms with van der Waals surface area (Å²) in [5, 5.41) is 20.7. The topological polar surface area (TPSA) is 60.9 Å². The highest BCUT2D eigenvalue weighted by atomic mass is 32.1. The van der Waals surface area contributed by atoms with E-state index in [2.05, 4.69) is 40.3 Å². The van der Waals surface area contributed by atoms with Crippen LogP contribution < -0.4 is 0 Å². The number of rotatable bonds is 4. The van der Waals surface area contributed by atoms with E-state index in [-0.39, 0.29) is 0 Å². The van der Waals surface area contributed by atoms with Gasteiger partial charge in [-0.3, -0.25) is 4.68 Å². The summed E-state index contributed by atoms with van der Waals surface area (Å²) in [6, 6.07) is 6.11. The molecular weight excluding hydrogens is 316 g/mol. The molecule has 4 aromatic heterocycles. The molecule has 4 aromatic rings. The van der Waals surface area contributed by atoms with E-state index in [1.54, 1.807) is 15.9 Å². The number of fused-ring (bicyclic) bond motifs is 1. The smallest absolute Gasteiger partial charge is 0.235 e. The van der Waals surface area contributed by atoms with Crippen LogP contribution in [0.25, 0.3) is 26.4 Å². The fourth-order valence-electron chi connectivity index (χ4n) is 2.33. The predicted molar refractivity (Wildman–Crippen MR) is 88.2 cm³/mol. The Hall–Kier alpha value is -2.06. The third-order valence-corrected chi connectivity index (χ3v) is 5.16. The standard InChI is InChI=1S/C14H14N6S2/c1-3-6-19-9(2)8-10(17-19)13-18-20-12(11-5-4-7-21-11)15-16-14(20)22-13/h4-5,7-8H,3,6H2,1-2H3. The maximum atomic E-state index is 4.65. The van der Waals surface area contributed by atoms with Crippen LogP contribution in [-0.4, -0.2) is 29.6 Å². The Morgan fingerprint density at radius 3 is 2.91 bits per heavy atom. The number of hydrogen-bond donors (Lipinski definition) is 0. The van der Waals surface area contributed by atoms with Crippen LogP contribution in [-0.2, 0) is 6.54 Å². The lowest BCUT2D eigenvalue weighted by molar-refractivity contribution is 0.588. The number of aryl methyl sites for hydroxylation is 2. The Kier molecular flexibility index (Phi) is 3.27. The van der Waals surface area contributed by atoms with Gasteiger partial charge in [-0.05, 0) is 30.9 Å². The summed E-state index contributed by atoms with van der Waals surface area (Å²) in [4.78, 5) is 1.86. The second kappa shape index (κ2) is 5.29. The van der Waals surface area contributed by atoms with Crippen molar-refractivity contribution in [1.82, 2.24) is 29.6 Å². The molecule has 0 aliphatic rings. The minimum absolute atomic E-state index is 0.789. The largest absolute Gasteiger partial charge is 0.269 e. The molecule has 0 unspecified atom stereocenters. The van der Waals surface area contributed by atoms with Gasteiger partial charge in [-0.25, -0.2) is 0 Å². The Balaban J connectivity index is 1.79. The van der Waals surface area contributed by atoms with Gasteiger partial charge in [-0.2, -0.15) is 14.7 Å². The van der Waals surface area contributed by atoms with Crippen LogP contribution in [0.2, 0.25) is 0 Å². The summed E-state index contributed by atoms with van der Waals surface area (Å²) in [6.07, 6.45) is 1.07. The first-order chi connectivity index (χ1) is 10.8. The van der Waals surface area contributed by atoms with Gasteiger partial charge in [-0.1, -0.05) is 24.3 Å². The summed E-state index contributed by atoms with van der Waals surface area (Å²) < 4.78 is 3.83. The molecule has 0 radical (unpaired) electrons. The highest BCUT2D eigenvalue weighted by molar-refractivity contribution is 7.19. The molecule has 4 rings (SSSR count). The molecule has 0 aliphatic heterocycles. The zero-order valence-corrected chi connectivity index (χ0v) is 13.9. The van der Waals surface area contributed by atoms with E-state index < -0.39 is 0 Å². The van der Waals surface area contributed by atoms with Gasteiger partial charge in [0.1, 0.15) is 5.69 Å². The number of nitrogens with zero attached hydrogens (tertiary/aromatic N) is 6. The van der Waals surface area contributed by atoms with Gasteiger partial charge in [0.25, 0.3) is 0 Å². The average Bonchev–Trinajstić information content (AvgIpc) is 3.22. The van der Waals surface area contributed by atoms with Crippen molar-refractivity contribution in [2.75, 3.05) is 0 Å². The summed E-state index contributed by atoms with van der Waals surface area (Å²) >= 11 is 3.15. The van der Waals surface area contributed by atoms with Crippen molar-refractivity contribution in [2.45, 2.75) is 26.8 Å². The van der Waals surface area contributed by atoms with Crippen LogP contribution in [0, 0.1) is 6.92 Å². The molecule has 0 fully saturated rings. The Morgan fingerprint density at radius 1 is 1.23 bits per heavy atom. The molecule has 0 bridgehead atoms. The third-order valence-electron chi connectivity index (χ3n) is 3.37. The van der Waals surface area contributed by atoms with E-state index in [1.165, 1.54) is 11.3 Å². The molecule has 112 valence electrons. The van der Waals surface area contributed by atoms with Crippen molar-refractivity contribution < 1.29 is 0 Å². The van der Waals surface area contributed by atoms with E-state index in [9.17, 15) is 0 Å². The van der Waals surface area contributed by atoms with Crippen molar-refractivity contribution in [3.8, 4) is 21.4 Å². The van der Waals surface area contributed by atoms with Gasteiger partial charge >= 0.3 is 0 Å². The molecule has 4 heterocycles. The summed E-state index contributed by atoms with van der Waals surface area (Å²) in [5.41, 5.74) is 2.06. The molecule has 0 spiro atoms. The second-order valence-electron chi connectivity index (χ2n) is 5.00. The van der Waals surface area contributed by atoms with Crippen molar-refractivity contribution in [3.63, 3.8) is 0 Å². The summed E-state index contributed by atoms with van der Waals surface area (Å²) in [7, 11) is 0. The number of aromatic nitrogens is 6. The van der Waals surface area contributed by atoms with Crippen molar-refractivity contribution in [3.05, 3.63) is 29.3 Å². The summed E-state index contributed by atoms with van der Waals surface area (Å²) in [6.45, 7) is 5.15. The predicted octanol–water partition coefficient (Wildman–Crippen LogP) is 3.50. The molecule has 0 N–H and O–H groups in total. The van der Waals surface area contributed by atoms with Crippen molar-refractivity contribution >= 4 is 27.6 Å². The zero-order chi connectivity index (χ0) is 15.1. The second-order valence-corrected chi connectivity index (χ2v) is 6.90. The normalized spacial score (nSPS) is 11.5. The maximum Gasteiger partial charge on any atom is 0.235 e. The van der Waals surface area contributed by atoms with Crippen LogP contribution >= 0.6 is 22.7 Å². The quantitative estimate of drug-likeness (QED) is 0.574. The van der Waals surface area contributed by atoms with Crippen LogP contribution in [0.4, 0.5) is 0 Å². The molecule has 0 atom stereocenters.